The standard InChI is InChI=1S/C81H152N2O21/c1-4-6-8-10-12-14-16-18-20-21-22-23-24-25-26-27-28-29-30-31-32-33-34-35-36-37-38-39-41-43-45-47-49-51-53-55-68(91)83-62(63(88)54-52-50-48-46-44-42-40-19-17-15-13-11-9-7-5-2)60-99-78-73(95)72(94)75(67(59-86)101-78)102-79-74(96)77(71(93)66(58-85)100-79)104-81(80(97)98)56-64(89)69(82-61(3)87)76(103-81)70(92)65(90)57-84/h52,54,62-67,69-79,84-86,88-90,92-96H,4-51,53,55-60H2,1-3H3,(H,82,87)(H,83,91)(H,97,98)/b54-52+. The van der Waals surface area contributed by atoms with Crippen molar-refractivity contribution >= 4 is 17.8 Å². The predicted molar refractivity (Wildman–Crippen MR) is 403 cm³/mol. The van der Waals surface area contributed by atoms with Gasteiger partial charge in [-0.2, -0.15) is 0 Å². The van der Waals surface area contributed by atoms with Crippen LogP contribution in [-0.4, -0.2) is 215 Å². The number of rotatable bonds is 67. The van der Waals surface area contributed by atoms with Crippen molar-refractivity contribution in [1.29, 1.82) is 0 Å². The second-order valence-electron chi connectivity index (χ2n) is 30.7. The second-order valence-corrected chi connectivity index (χ2v) is 30.7. The number of carbonyl (C=O) groups is 3. The zero-order valence-electron chi connectivity index (χ0n) is 64.9. The van der Waals surface area contributed by atoms with E-state index in [1.54, 1.807) is 6.08 Å². The lowest BCUT2D eigenvalue weighted by Crippen LogP contribution is -2.70. The summed E-state index contributed by atoms with van der Waals surface area (Å²) in [6, 6.07) is -2.62. The number of hydrogen-bond acceptors (Lipinski definition) is 20. The van der Waals surface area contributed by atoms with Crippen LogP contribution in [0, 0.1) is 0 Å². The van der Waals surface area contributed by atoms with Crippen molar-refractivity contribution in [3.63, 3.8) is 0 Å². The van der Waals surface area contributed by atoms with Gasteiger partial charge in [-0.05, 0) is 19.3 Å². The highest BCUT2D eigenvalue weighted by atomic mass is 16.8. The maximum atomic E-state index is 13.5. The largest absolute Gasteiger partial charge is 0.477 e. The Balaban J connectivity index is 1.43. The summed E-state index contributed by atoms with van der Waals surface area (Å²) >= 11 is 0. The number of hydrogen-bond donors (Lipinski definition) is 14. The molecule has 23 nitrogen and oxygen atoms in total. The molecule has 612 valence electrons. The number of aliphatic carboxylic acids is 1. The first-order valence-electron chi connectivity index (χ1n) is 42.1. The highest BCUT2D eigenvalue weighted by molar-refractivity contribution is 5.77. The number of ether oxygens (including phenoxy) is 6. The minimum atomic E-state index is -3.08. The monoisotopic (exact) mass is 1490 g/mol. The van der Waals surface area contributed by atoms with Crippen LogP contribution in [0.5, 0.6) is 0 Å². The highest BCUT2D eigenvalue weighted by Gasteiger charge is 2.60. The minimum Gasteiger partial charge on any atom is -0.477 e. The van der Waals surface area contributed by atoms with Gasteiger partial charge in [-0.15, -0.1) is 0 Å². The third-order valence-electron chi connectivity index (χ3n) is 21.5. The molecule has 18 atom stereocenters. The molecule has 0 aromatic heterocycles. The van der Waals surface area contributed by atoms with Gasteiger partial charge in [-0.25, -0.2) is 4.79 Å². The fourth-order valence-electron chi connectivity index (χ4n) is 14.8. The van der Waals surface area contributed by atoms with Gasteiger partial charge in [0.05, 0.1) is 50.7 Å². The van der Waals surface area contributed by atoms with E-state index in [0.717, 1.165) is 51.9 Å². The van der Waals surface area contributed by atoms with Crippen molar-refractivity contribution in [2.75, 3.05) is 26.4 Å². The predicted octanol–water partition coefficient (Wildman–Crippen LogP) is 11.7. The Kier molecular flexibility index (Phi) is 55.4. The fraction of sp³-hybridized carbons (Fsp3) is 0.938. The topological polar surface area (TPSA) is 373 Å². The maximum absolute atomic E-state index is 13.5. The number of unbranched alkanes of at least 4 members (excludes halogenated alkanes) is 47. The fourth-order valence-corrected chi connectivity index (χ4v) is 14.8. The number of nitrogens with one attached hydrogen (secondary N) is 2. The Bertz CT molecular complexity index is 2120. The Hall–Kier alpha value is -2.53. The molecule has 0 saturated carbocycles. The van der Waals surface area contributed by atoms with E-state index in [1.165, 1.54) is 257 Å². The van der Waals surface area contributed by atoms with Crippen LogP contribution in [0.1, 0.15) is 348 Å². The summed E-state index contributed by atoms with van der Waals surface area (Å²) in [5, 5.41) is 136. The SMILES string of the molecule is CCCCCCCCCCCCCCC/C=C/C(O)C(COC1OC(CO)C(OC2OC(CO)C(O)C(OC3(C(=O)O)CC(O)C(NC(C)=O)C(C(O)C(O)CO)O3)C2O)C(O)C1O)NC(=O)CCCCCCCCCCCCCCCCCCCCCCCCCCCCCCCCCCCCC. The molecule has 3 fully saturated rings. The Labute approximate surface area is 626 Å². The van der Waals surface area contributed by atoms with E-state index in [-0.39, 0.29) is 12.3 Å². The lowest BCUT2D eigenvalue weighted by atomic mass is 9.88. The Morgan fingerprint density at radius 1 is 0.500 bits per heavy atom. The molecule has 3 saturated heterocycles. The molecule has 3 aliphatic heterocycles. The van der Waals surface area contributed by atoms with Crippen molar-refractivity contribution in [2.45, 2.75) is 458 Å². The average molecular weight is 1490 g/mol. The van der Waals surface area contributed by atoms with Crippen molar-refractivity contribution in [2.24, 2.45) is 0 Å². The first kappa shape index (κ1) is 95.7. The van der Waals surface area contributed by atoms with Crippen molar-refractivity contribution in [3.05, 3.63) is 12.2 Å². The molecule has 14 N–H and O–H groups in total. The molecule has 104 heavy (non-hydrogen) atoms. The molecule has 0 aromatic rings. The molecule has 0 radical (unpaired) electrons. The van der Waals surface area contributed by atoms with E-state index in [9.17, 15) is 75.7 Å². The minimum absolute atomic E-state index is 0.206. The number of aliphatic hydroxyl groups is 11. The van der Waals surface area contributed by atoms with Gasteiger partial charge in [0.1, 0.15) is 67.1 Å². The quantitative estimate of drug-likeness (QED) is 0.0199. The molecule has 3 aliphatic rings. The summed E-state index contributed by atoms with van der Waals surface area (Å²) in [5.74, 6) is -6.13. The summed E-state index contributed by atoms with van der Waals surface area (Å²) in [4.78, 5) is 38.7. The van der Waals surface area contributed by atoms with Crippen LogP contribution in [0.25, 0.3) is 0 Å². The van der Waals surface area contributed by atoms with E-state index in [0.29, 0.717) is 12.8 Å². The van der Waals surface area contributed by atoms with E-state index in [2.05, 4.69) is 24.5 Å². The second kappa shape index (κ2) is 60.2. The summed E-state index contributed by atoms with van der Waals surface area (Å²) < 4.78 is 34.9. The van der Waals surface area contributed by atoms with Crippen LogP contribution in [0.3, 0.4) is 0 Å². The van der Waals surface area contributed by atoms with Crippen molar-refractivity contribution in [1.82, 2.24) is 10.6 Å². The van der Waals surface area contributed by atoms with Gasteiger partial charge in [0.15, 0.2) is 12.6 Å². The summed E-state index contributed by atoms with van der Waals surface area (Å²) in [6.07, 6.45) is 37.1. The number of aliphatic hydroxyl groups excluding tert-OH is 11. The zero-order valence-corrected chi connectivity index (χ0v) is 64.9. The van der Waals surface area contributed by atoms with Crippen LogP contribution in [0.15, 0.2) is 12.2 Å². The number of carbonyl (C=O) groups excluding carboxylic acids is 2. The lowest BCUT2D eigenvalue weighted by Gasteiger charge is -2.50. The van der Waals surface area contributed by atoms with Gasteiger partial charge in [0.25, 0.3) is 5.79 Å². The normalized spacial score (nSPS) is 26.4. The molecule has 3 rings (SSSR count). The molecule has 18 unspecified atom stereocenters. The third kappa shape index (κ3) is 39.9. The van der Waals surface area contributed by atoms with Crippen LogP contribution in [0.4, 0.5) is 0 Å². The molecule has 0 spiro atoms. The first-order chi connectivity index (χ1) is 50.4. The first-order valence-corrected chi connectivity index (χ1v) is 42.1. The zero-order chi connectivity index (χ0) is 76.0. The molecule has 23 heteroatoms. The van der Waals surface area contributed by atoms with E-state index < -0.39 is 155 Å². The smallest absolute Gasteiger partial charge is 0.364 e. The average Bonchev–Trinajstić information content (AvgIpc) is 0.756. The number of carboxylic acids is 1. The molecular weight excluding hydrogens is 1340 g/mol. The van der Waals surface area contributed by atoms with Gasteiger partial charge in [0.2, 0.25) is 11.8 Å². The summed E-state index contributed by atoms with van der Waals surface area (Å²) in [6.45, 7) is 2.18. The molecular formula is C81H152N2O21. The molecule has 2 amide bonds. The van der Waals surface area contributed by atoms with E-state index in [4.69, 9.17) is 28.4 Å². The van der Waals surface area contributed by atoms with Crippen molar-refractivity contribution in [3.8, 4) is 0 Å². The maximum Gasteiger partial charge on any atom is 0.364 e. The summed E-state index contributed by atoms with van der Waals surface area (Å²) in [5.41, 5.74) is 0. The number of allylic oxidation sites excluding steroid dienone is 1. The lowest BCUT2D eigenvalue weighted by molar-refractivity contribution is -0.386. The van der Waals surface area contributed by atoms with Gasteiger partial charge >= 0.3 is 5.97 Å². The van der Waals surface area contributed by atoms with E-state index in [1.807, 2.05) is 6.08 Å². The summed E-state index contributed by atoms with van der Waals surface area (Å²) in [7, 11) is 0. The van der Waals surface area contributed by atoms with Gasteiger partial charge in [-0.3, -0.25) is 9.59 Å². The van der Waals surface area contributed by atoms with Gasteiger partial charge in [0, 0.05) is 19.8 Å². The van der Waals surface area contributed by atoms with Crippen LogP contribution < -0.4 is 10.6 Å². The van der Waals surface area contributed by atoms with Crippen LogP contribution in [0.2, 0.25) is 0 Å². The Morgan fingerprint density at radius 3 is 1.28 bits per heavy atom. The Morgan fingerprint density at radius 2 is 0.894 bits per heavy atom. The molecule has 0 aliphatic carbocycles. The molecule has 0 bridgehead atoms. The van der Waals surface area contributed by atoms with E-state index >= 15 is 0 Å². The van der Waals surface area contributed by atoms with Crippen LogP contribution in [-0.2, 0) is 42.8 Å². The number of amides is 2. The third-order valence-corrected chi connectivity index (χ3v) is 21.5. The molecule has 3 heterocycles. The van der Waals surface area contributed by atoms with Gasteiger partial charge in [-0.1, -0.05) is 321 Å². The highest BCUT2D eigenvalue weighted by Crippen LogP contribution is 2.39. The van der Waals surface area contributed by atoms with Gasteiger partial charge < -0.3 is 100 Å². The molecule has 0 aromatic carbocycles. The van der Waals surface area contributed by atoms with Crippen LogP contribution >= 0.6 is 0 Å². The number of carboxylic acid groups (broad SMARTS) is 1. The van der Waals surface area contributed by atoms with Crippen molar-refractivity contribution < 1.29 is 104 Å².